The maximum absolute atomic E-state index is 12.5. The van der Waals surface area contributed by atoms with Gasteiger partial charge in [0.15, 0.2) is 6.61 Å². The van der Waals surface area contributed by atoms with Gasteiger partial charge in [-0.2, -0.15) is 0 Å². The number of piperidine rings is 1. The maximum Gasteiger partial charge on any atom is 0.319 e. The molecule has 0 aliphatic carbocycles. The molecule has 4 rings (SSSR count). The van der Waals surface area contributed by atoms with E-state index < -0.39 is 0 Å². The number of rotatable bonds is 5. The molecule has 3 N–H and O–H groups in total. The summed E-state index contributed by atoms with van der Waals surface area (Å²) in [6, 6.07) is 9.33. The van der Waals surface area contributed by atoms with E-state index in [1.807, 2.05) is 0 Å². The number of hydrogen-bond donors (Lipinski definition) is 3. The van der Waals surface area contributed by atoms with Crippen molar-refractivity contribution >= 4 is 34.6 Å². The molecule has 1 aromatic heterocycles. The number of carbonyl (C=O) groups is 2. The summed E-state index contributed by atoms with van der Waals surface area (Å²) in [6.45, 7) is 4.95. The van der Waals surface area contributed by atoms with Crippen molar-refractivity contribution in [2.75, 3.05) is 36.9 Å². The summed E-state index contributed by atoms with van der Waals surface area (Å²) in [7, 11) is 0. The summed E-state index contributed by atoms with van der Waals surface area (Å²) in [5.41, 5.74) is 1.24. The molecule has 1 unspecified atom stereocenters. The first-order valence-corrected chi connectivity index (χ1v) is 10.9. The molecule has 0 radical (unpaired) electrons. The van der Waals surface area contributed by atoms with Crippen molar-refractivity contribution in [3.63, 3.8) is 0 Å². The number of fused-ring (bicyclic) bond motifs is 1. The van der Waals surface area contributed by atoms with Crippen LogP contribution in [0.1, 0.15) is 30.7 Å². The van der Waals surface area contributed by atoms with Crippen LogP contribution in [-0.4, -0.2) is 43.1 Å². The number of carbonyl (C=O) groups excluding carboxylic acids is 2. The highest BCUT2D eigenvalue weighted by atomic mass is 32.1. The number of benzene rings is 1. The topological polar surface area (TPSA) is 82.7 Å². The Morgan fingerprint density at radius 3 is 2.93 bits per heavy atom. The smallest absolute Gasteiger partial charge is 0.319 e. The Hall–Kier alpha value is -2.58. The van der Waals surface area contributed by atoms with Crippen LogP contribution in [0, 0.1) is 5.92 Å². The fourth-order valence-corrected chi connectivity index (χ4v) is 4.61. The van der Waals surface area contributed by atoms with Crippen molar-refractivity contribution in [2.24, 2.45) is 5.92 Å². The fourth-order valence-electron chi connectivity index (χ4n) is 3.75. The lowest BCUT2D eigenvalue weighted by Crippen LogP contribution is -2.42. The highest BCUT2D eigenvalue weighted by Crippen LogP contribution is 2.31. The van der Waals surface area contributed by atoms with Crippen LogP contribution in [0.4, 0.5) is 16.2 Å². The van der Waals surface area contributed by atoms with E-state index in [4.69, 9.17) is 4.74 Å². The van der Waals surface area contributed by atoms with Crippen molar-refractivity contribution in [3.05, 3.63) is 40.6 Å². The molecule has 3 heterocycles. The minimum atomic E-state index is -0.253. The quantitative estimate of drug-likeness (QED) is 0.697. The Kier molecular flexibility index (Phi) is 6.01. The number of urea groups is 1. The highest BCUT2D eigenvalue weighted by Gasteiger charge is 2.26. The van der Waals surface area contributed by atoms with E-state index in [9.17, 15) is 9.59 Å². The molecule has 1 saturated heterocycles. The summed E-state index contributed by atoms with van der Waals surface area (Å²) in [5.74, 6) is 1.14. The van der Waals surface area contributed by atoms with E-state index in [-0.39, 0.29) is 24.6 Å². The summed E-state index contributed by atoms with van der Waals surface area (Å²) in [4.78, 5) is 27.6. The average Bonchev–Trinajstić information content (AvgIpc) is 3.24. The molecule has 8 heteroatoms. The van der Waals surface area contributed by atoms with Gasteiger partial charge in [-0.05, 0) is 55.4 Å². The Morgan fingerprint density at radius 1 is 1.34 bits per heavy atom. The zero-order valence-electron chi connectivity index (χ0n) is 16.4. The van der Waals surface area contributed by atoms with Crippen molar-refractivity contribution in [3.8, 4) is 5.75 Å². The number of hydrogen-bond acceptors (Lipinski definition) is 5. The molecule has 0 saturated carbocycles. The molecule has 2 aliphatic heterocycles. The minimum Gasteiger partial charge on any atom is -0.482 e. The van der Waals surface area contributed by atoms with Crippen LogP contribution < -0.4 is 20.7 Å². The first-order chi connectivity index (χ1) is 14.1. The van der Waals surface area contributed by atoms with Gasteiger partial charge in [-0.3, -0.25) is 9.69 Å². The second kappa shape index (κ2) is 8.84. The molecule has 0 spiro atoms. The van der Waals surface area contributed by atoms with Gasteiger partial charge in [-0.25, -0.2) is 4.79 Å². The summed E-state index contributed by atoms with van der Waals surface area (Å²) in [5, 5.41) is 10.7. The normalized spacial score (nSPS) is 18.3. The predicted octanol–water partition coefficient (Wildman–Crippen LogP) is 3.67. The first-order valence-electron chi connectivity index (χ1n) is 9.97. The highest BCUT2D eigenvalue weighted by molar-refractivity contribution is 7.10. The predicted molar refractivity (Wildman–Crippen MR) is 115 cm³/mol. The first kappa shape index (κ1) is 19.7. The summed E-state index contributed by atoms with van der Waals surface area (Å²) >= 11 is 1.73. The zero-order valence-corrected chi connectivity index (χ0v) is 17.3. The number of nitrogens with zero attached hydrogens (tertiary/aromatic N) is 1. The van der Waals surface area contributed by atoms with E-state index in [1.165, 1.54) is 17.7 Å². The molecule has 0 bridgehead atoms. The molecule has 3 amide bonds. The number of amides is 3. The van der Waals surface area contributed by atoms with Crippen molar-refractivity contribution in [1.82, 2.24) is 10.2 Å². The molecule has 29 heavy (non-hydrogen) atoms. The molecule has 2 aliphatic rings. The lowest BCUT2D eigenvalue weighted by atomic mass is 9.97. The number of likely N-dealkylation sites (tertiary alicyclic amines) is 1. The molecular formula is C21H26N4O3S. The molecule has 2 aromatic rings. The van der Waals surface area contributed by atoms with Gasteiger partial charge in [0.25, 0.3) is 5.91 Å². The Labute approximate surface area is 174 Å². The standard InChI is InChI=1S/C21H26N4O3S/c1-14-6-8-25(9-7-14)17(19-3-2-10-29-19)12-22-21(27)23-15-4-5-16-18(11-15)28-13-20(26)24-16/h2-5,10-11,14,17H,6-9,12-13H2,1H3,(H,24,26)(H2,22,23,27). The second-order valence-corrected chi connectivity index (χ2v) is 8.61. The largest absolute Gasteiger partial charge is 0.482 e. The molecule has 154 valence electrons. The number of nitrogens with one attached hydrogen (secondary N) is 3. The minimum absolute atomic E-state index is 0.0143. The third-order valence-corrected chi connectivity index (χ3v) is 6.43. The van der Waals surface area contributed by atoms with Gasteiger partial charge in [0, 0.05) is 23.2 Å². The third-order valence-electron chi connectivity index (χ3n) is 5.46. The van der Waals surface area contributed by atoms with Gasteiger partial charge in [0.2, 0.25) is 0 Å². The lowest BCUT2D eigenvalue weighted by Gasteiger charge is -2.36. The third kappa shape index (κ3) is 4.89. The zero-order chi connectivity index (χ0) is 20.2. The van der Waals surface area contributed by atoms with Gasteiger partial charge < -0.3 is 20.7 Å². The SMILES string of the molecule is CC1CCN(C(CNC(=O)Nc2ccc3c(c2)OCC(=O)N3)c2cccs2)CC1. The number of thiophene rings is 1. The monoisotopic (exact) mass is 414 g/mol. The van der Waals surface area contributed by atoms with Gasteiger partial charge in [-0.15, -0.1) is 11.3 Å². The van der Waals surface area contributed by atoms with E-state index in [0.717, 1.165) is 19.0 Å². The van der Waals surface area contributed by atoms with E-state index >= 15 is 0 Å². The molecule has 1 aromatic carbocycles. The number of ether oxygens (including phenoxy) is 1. The van der Waals surface area contributed by atoms with Gasteiger partial charge >= 0.3 is 6.03 Å². The summed E-state index contributed by atoms with van der Waals surface area (Å²) < 4.78 is 5.40. The lowest BCUT2D eigenvalue weighted by molar-refractivity contribution is -0.118. The molecule has 1 atom stereocenters. The van der Waals surface area contributed by atoms with Crippen molar-refractivity contribution in [1.29, 1.82) is 0 Å². The maximum atomic E-state index is 12.5. The fraction of sp³-hybridized carbons (Fsp3) is 0.429. The van der Waals surface area contributed by atoms with Crippen molar-refractivity contribution < 1.29 is 14.3 Å². The van der Waals surface area contributed by atoms with Gasteiger partial charge in [-0.1, -0.05) is 13.0 Å². The Bertz CT molecular complexity index is 863. The second-order valence-electron chi connectivity index (χ2n) is 7.63. The molecule has 1 fully saturated rings. The average molecular weight is 415 g/mol. The van der Waals surface area contributed by atoms with Crippen LogP contribution in [0.5, 0.6) is 5.75 Å². The van der Waals surface area contributed by atoms with E-state index in [0.29, 0.717) is 23.7 Å². The van der Waals surface area contributed by atoms with Crippen LogP contribution in [0.15, 0.2) is 35.7 Å². The van der Waals surface area contributed by atoms with Gasteiger partial charge in [0.1, 0.15) is 5.75 Å². The number of anilines is 2. The molecule has 7 nitrogen and oxygen atoms in total. The summed E-state index contributed by atoms with van der Waals surface area (Å²) in [6.07, 6.45) is 2.39. The molecular weight excluding hydrogens is 388 g/mol. The Balaban J connectivity index is 1.36. The van der Waals surface area contributed by atoms with E-state index in [2.05, 4.69) is 45.3 Å². The Morgan fingerprint density at radius 2 is 2.17 bits per heavy atom. The van der Waals surface area contributed by atoms with Crippen LogP contribution >= 0.6 is 11.3 Å². The van der Waals surface area contributed by atoms with Crippen LogP contribution in [0.2, 0.25) is 0 Å². The van der Waals surface area contributed by atoms with Crippen LogP contribution in [-0.2, 0) is 4.79 Å². The van der Waals surface area contributed by atoms with Crippen molar-refractivity contribution in [2.45, 2.75) is 25.8 Å². The van der Waals surface area contributed by atoms with Crippen LogP contribution in [0.3, 0.4) is 0 Å². The van der Waals surface area contributed by atoms with Gasteiger partial charge in [0.05, 0.1) is 11.7 Å². The van der Waals surface area contributed by atoms with E-state index in [1.54, 1.807) is 29.5 Å². The van der Waals surface area contributed by atoms with Crippen LogP contribution in [0.25, 0.3) is 0 Å².